The summed E-state index contributed by atoms with van der Waals surface area (Å²) in [5.74, 6) is -0.454. The first-order chi connectivity index (χ1) is 7.16. The van der Waals surface area contributed by atoms with Crippen molar-refractivity contribution in [3.63, 3.8) is 0 Å². The van der Waals surface area contributed by atoms with Crippen LogP contribution >= 0.6 is 0 Å². The van der Waals surface area contributed by atoms with E-state index in [4.69, 9.17) is 0 Å². The Bertz CT molecular complexity index is 575. The first kappa shape index (κ1) is 9.20. The molecule has 0 radical (unpaired) electrons. The number of aromatic hydroxyl groups is 1. The molecule has 1 aliphatic rings. The van der Waals surface area contributed by atoms with E-state index in [2.05, 4.69) is 9.98 Å². The number of aliphatic imine (C=N–C) groups is 1. The smallest absolute Gasteiger partial charge is 0.328 e. The van der Waals surface area contributed by atoms with Crippen molar-refractivity contribution in [3.8, 4) is 5.88 Å². The minimum Gasteiger partial charge on any atom is -0.494 e. The SMILES string of the molecule is O=c1[nH]c(O)c(/C=C2/C=CN=C2)c(=O)[nH]1. The minimum atomic E-state index is -0.740. The molecule has 15 heavy (non-hydrogen) atoms. The Hall–Kier alpha value is -2.37. The molecular formula is C9H7N3O3. The van der Waals surface area contributed by atoms with E-state index in [0.717, 1.165) is 0 Å². The van der Waals surface area contributed by atoms with Crippen LogP contribution in [0.3, 0.4) is 0 Å². The van der Waals surface area contributed by atoms with Crippen LogP contribution in [-0.2, 0) is 0 Å². The lowest BCUT2D eigenvalue weighted by Gasteiger charge is -1.96. The van der Waals surface area contributed by atoms with Crippen LogP contribution in [0.25, 0.3) is 6.08 Å². The molecular weight excluding hydrogens is 198 g/mol. The predicted molar refractivity (Wildman–Crippen MR) is 55.0 cm³/mol. The highest BCUT2D eigenvalue weighted by molar-refractivity contribution is 5.91. The Morgan fingerprint density at radius 3 is 2.73 bits per heavy atom. The van der Waals surface area contributed by atoms with Gasteiger partial charge in [-0.15, -0.1) is 0 Å². The maximum atomic E-state index is 11.3. The fourth-order valence-corrected chi connectivity index (χ4v) is 1.17. The minimum absolute atomic E-state index is 0.00241. The van der Waals surface area contributed by atoms with E-state index < -0.39 is 17.1 Å². The first-order valence-corrected chi connectivity index (χ1v) is 4.14. The van der Waals surface area contributed by atoms with E-state index in [1.807, 2.05) is 4.98 Å². The van der Waals surface area contributed by atoms with E-state index in [0.29, 0.717) is 5.57 Å². The number of H-pyrrole nitrogens is 2. The number of allylic oxidation sites excluding steroid dienone is 2. The summed E-state index contributed by atoms with van der Waals surface area (Å²) in [5, 5.41) is 9.34. The monoisotopic (exact) mass is 205 g/mol. The molecule has 0 aliphatic carbocycles. The summed E-state index contributed by atoms with van der Waals surface area (Å²) in [6.45, 7) is 0. The lowest BCUT2D eigenvalue weighted by atomic mass is 10.2. The van der Waals surface area contributed by atoms with Gasteiger partial charge >= 0.3 is 5.69 Å². The molecule has 0 bridgehead atoms. The van der Waals surface area contributed by atoms with Crippen LogP contribution in [0.5, 0.6) is 5.88 Å². The van der Waals surface area contributed by atoms with Gasteiger partial charge in [0.15, 0.2) is 0 Å². The second-order valence-electron chi connectivity index (χ2n) is 2.91. The fraction of sp³-hybridized carbons (Fsp3) is 0. The zero-order valence-electron chi connectivity index (χ0n) is 7.52. The number of rotatable bonds is 1. The molecule has 1 aromatic heterocycles. The topological polar surface area (TPSA) is 98.3 Å². The molecule has 1 aliphatic heterocycles. The number of nitrogens with zero attached hydrogens (tertiary/aromatic N) is 1. The summed E-state index contributed by atoms with van der Waals surface area (Å²) in [4.78, 5) is 30.0. The van der Waals surface area contributed by atoms with E-state index in [-0.39, 0.29) is 5.56 Å². The largest absolute Gasteiger partial charge is 0.494 e. The van der Waals surface area contributed by atoms with Gasteiger partial charge in [0, 0.05) is 12.4 Å². The zero-order chi connectivity index (χ0) is 10.8. The van der Waals surface area contributed by atoms with Crippen molar-refractivity contribution in [2.45, 2.75) is 0 Å². The maximum Gasteiger partial charge on any atom is 0.328 e. The molecule has 6 heteroatoms. The standard InChI is InChI=1S/C9H7N3O3/c13-7-6(3-5-1-2-10-4-5)8(14)12-9(15)11-7/h1-4H,(H3,11,12,13,14,15)/b5-3-. The molecule has 1 aromatic rings. The summed E-state index contributed by atoms with van der Waals surface area (Å²) < 4.78 is 0. The van der Waals surface area contributed by atoms with Crippen molar-refractivity contribution in [1.29, 1.82) is 0 Å². The van der Waals surface area contributed by atoms with E-state index in [1.165, 1.54) is 12.3 Å². The molecule has 0 saturated heterocycles. The van der Waals surface area contributed by atoms with Crippen LogP contribution in [0, 0.1) is 0 Å². The third-order valence-corrected chi connectivity index (χ3v) is 1.85. The van der Waals surface area contributed by atoms with Gasteiger partial charge in [-0.1, -0.05) is 0 Å². The highest BCUT2D eigenvalue weighted by Gasteiger charge is 2.06. The summed E-state index contributed by atoms with van der Waals surface area (Å²) in [7, 11) is 0. The van der Waals surface area contributed by atoms with Crippen LogP contribution in [0.2, 0.25) is 0 Å². The van der Waals surface area contributed by atoms with Gasteiger partial charge in [0.25, 0.3) is 5.56 Å². The average Bonchev–Trinajstić information content (AvgIpc) is 2.63. The number of aromatic nitrogens is 2. The molecule has 6 nitrogen and oxygen atoms in total. The molecule has 0 saturated carbocycles. The second-order valence-corrected chi connectivity index (χ2v) is 2.91. The molecule has 0 fully saturated rings. The highest BCUT2D eigenvalue weighted by atomic mass is 16.3. The Balaban J connectivity index is 2.59. The fourth-order valence-electron chi connectivity index (χ4n) is 1.17. The quantitative estimate of drug-likeness (QED) is 0.589. The summed E-state index contributed by atoms with van der Waals surface area (Å²) in [6.07, 6.45) is 6.19. The van der Waals surface area contributed by atoms with Gasteiger partial charge in [-0.25, -0.2) is 4.79 Å². The summed E-state index contributed by atoms with van der Waals surface area (Å²) in [5.41, 5.74) is -0.710. The third kappa shape index (κ3) is 1.78. The number of aromatic amines is 2. The van der Waals surface area contributed by atoms with Gasteiger partial charge in [0.1, 0.15) is 5.56 Å². The van der Waals surface area contributed by atoms with Gasteiger partial charge < -0.3 is 5.11 Å². The summed E-state index contributed by atoms with van der Waals surface area (Å²) >= 11 is 0. The molecule has 3 N–H and O–H groups in total. The molecule has 0 aromatic carbocycles. The average molecular weight is 205 g/mol. The van der Waals surface area contributed by atoms with E-state index in [9.17, 15) is 14.7 Å². The zero-order valence-corrected chi connectivity index (χ0v) is 7.52. The number of nitrogens with one attached hydrogen (secondary N) is 2. The maximum absolute atomic E-state index is 11.3. The first-order valence-electron chi connectivity index (χ1n) is 4.14. The Kier molecular flexibility index (Phi) is 2.09. The lowest BCUT2D eigenvalue weighted by Crippen LogP contribution is -2.23. The van der Waals surface area contributed by atoms with Gasteiger partial charge in [-0.3, -0.25) is 19.8 Å². The van der Waals surface area contributed by atoms with E-state index in [1.54, 1.807) is 12.3 Å². The normalized spacial score (nSPS) is 16.4. The number of hydrogen-bond acceptors (Lipinski definition) is 4. The van der Waals surface area contributed by atoms with Crippen molar-refractivity contribution in [2.24, 2.45) is 4.99 Å². The second kappa shape index (κ2) is 3.41. The highest BCUT2D eigenvalue weighted by Crippen LogP contribution is 2.12. The molecule has 2 heterocycles. The van der Waals surface area contributed by atoms with Crippen LogP contribution in [0.15, 0.2) is 32.4 Å². The summed E-state index contributed by atoms with van der Waals surface area (Å²) in [6, 6.07) is 0. The van der Waals surface area contributed by atoms with Crippen LogP contribution in [-0.4, -0.2) is 21.3 Å². The van der Waals surface area contributed by atoms with Crippen molar-refractivity contribution in [3.05, 3.63) is 44.3 Å². The molecule has 0 atom stereocenters. The molecule has 0 amide bonds. The predicted octanol–water partition coefficient (Wildman–Crippen LogP) is -0.250. The van der Waals surface area contributed by atoms with Gasteiger partial charge in [0.2, 0.25) is 5.88 Å². The third-order valence-electron chi connectivity index (χ3n) is 1.85. The Labute approximate surface area is 83.3 Å². The van der Waals surface area contributed by atoms with Gasteiger partial charge in [0.05, 0.1) is 0 Å². The van der Waals surface area contributed by atoms with Crippen molar-refractivity contribution in [2.75, 3.05) is 0 Å². The van der Waals surface area contributed by atoms with Crippen molar-refractivity contribution < 1.29 is 5.11 Å². The van der Waals surface area contributed by atoms with Gasteiger partial charge in [-0.05, 0) is 17.7 Å². The van der Waals surface area contributed by atoms with Crippen molar-refractivity contribution >= 4 is 12.3 Å². The lowest BCUT2D eigenvalue weighted by molar-refractivity contribution is 0.447. The molecule has 2 rings (SSSR count). The van der Waals surface area contributed by atoms with E-state index >= 15 is 0 Å². The Morgan fingerprint density at radius 2 is 2.13 bits per heavy atom. The Morgan fingerprint density at radius 1 is 1.33 bits per heavy atom. The number of hydrogen-bond donors (Lipinski definition) is 3. The van der Waals surface area contributed by atoms with Crippen LogP contribution in [0.4, 0.5) is 0 Å². The molecule has 0 spiro atoms. The molecule has 0 unspecified atom stereocenters. The van der Waals surface area contributed by atoms with Crippen LogP contribution in [0.1, 0.15) is 5.56 Å². The van der Waals surface area contributed by atoms with Crippen LogP contribution < -0.4 is 11.2 Å². The van der Waals surface area contributed by atoms with Crippen molar-refractivity contribution in [1.82, 2.24) is 9.97 Å². The van der Waals surface area contributed by atoms with Gasteiger partial charge in [-0.2, -0.15) is 0 Å². The molecule has 76 valence electrons.